The molecule has 0 spiro atoms. The monoisotopic (exact) mass is 360 g/mol. The van der Waals surface area contributed by atoms with Crippen molar-refractivity contribution in [2.75, 3.05) is 0 Å². The van der Waals surface area contributed by atoms with Crippen molar-refractivity contribution in [2.24, 2.45) is 10.7 Å². The summed E-state index contributed by atoms with van der Waals surface area (Å²) in [7, 11) is 0. The predicted octanol–water partition coefficient (Wildman–Crippen LogP) is 2.06. The summed E-state index contributed by atoms with van der Waals surface area (Å²) >= 11 is 0. The normalized spacial score (nSPS) is 12.9. The van der Waals surface area contributed by atoms with Crippen LogP contribution in [0.5, 0.6) is 0 Å². The second kappa shape index (κ2) is 6.75. The Balaban J connectivity index is 1.65. The Hall–Kier alpha value is -3.94. The maximum absolute atomic E-state index is 12.7. The van der Waals surface area contributed by atoms with Crippen LogP contribution in [0.4, 0.5) is 5.82 Å². The molecule has 27 heavy (non-hydrogen) atoms. The number of imidazole rings is 1. The van der Waals surface area contributed by atoms with Crippen molar-refractivity contribution < 1.29 is 14.3 Å². The van der Waals surface area contributed by atoms with E-state index in [0.29, 0.717) is 0 Å². The predicted molar refractivity (Wildman–Crippen MR) is 96.5 cm³/mol. The van der Waals surface area contributed by atoms with Crippen molar-refractivity contribution in [2.45, 2.75) is 6.10 Å². The summed E-state index contributed by atoms with van der Waals surface area (Å²) in [6.07, 6.45) is -0.629. The number of amides is 1. The number of hydrogen-bond donors (Lipinski definition) is 2. The van der Waals surface area contributed by atoms with Crippen molar-refractivity contribution in [3.05, 3.63) is 83.3 Å². The number of hydrogen-bond acceptors (Lipinski definition) is 6. The van der Waals surface area contributed by atoms with Crippen molar-refractivity contribution in [3.63, 3.8) is 0 Å². The van der Waals surface area contributed by atoms with Gasteiger partial charge in [-0.3, -0.25) is 4.79 Å². The molecule has 0 saturated heterocycles. The van der Waals surface area contributed by atoms with Gasteiger partial charge in [0.05, 0.1) is 0 Å². The fourth-order valence-corrected chi connectivity index (χ4v) is 2.73. The SMILES string of the molecule is NC1=Nc2[nH]c(C(=O)OC(c3ccccc3)c3ccccc3)nc2C(=O)[N]1. The number of esters is 1. The van der Waals surface area contributed by atoms with E-state index in [1.165, 1.54) is 0 Å². The number of fused-ring (bicyclic) bond motifs is 1. The zero-order valence-corrected chi connectivity index (χ0v) is 14.0. The number of benzene rings is 2. The molecule has 0 fully saturated rings. The highest BCUT2D eigenvalue weighted by Gasteiger charge is 2.28. The second-order valence-electron chi connectivity index (χ2n) is 5.78. The highest BCUT2D eigenvalue weighted by Crippen LogP contribution is 2.27. The van der Waals surface area contributed by atoms with E-state index in [1.54, 1.807) is 0 Å². The molecule has 0 aliphatic carbocycles. The molecule has 1 amide bonds. The van der Waals surface area contributed by atoms with Crippen molar-refractivity contribution in [1.29, 1.82) is 0 Å². The molecule has 1 radical (unpaired) electrons. The molecule has 1 aromatic heterocycles. The number of nitrogens with zero attached hydrogens (tertiary/aromatic N) is 3. The van der Waals surface area contributed by atoms with Gasteiger partial charge in [-0.05, 0) is 11.1 Å². The Kier molecular flexibility index (Phi) is 4.13. The third-order valence-corrected chi connectivity index (χ3v) is 3.95. The van der Waals surface area contributed by atoms with Gasteiger partial charge in [0.2, 0.25) is 11.8 Å². The molecule has 3 N–H and O–H groups in total. The minimum atomic E-state index is -0.719. The summed E-state index contributed by atoms with van der Waals surface area (Å²) in [6, 6.07) is 18.7. The van der Waals surface area contributed by atoms with Gasteiger partial charge in [0.15, 0.2) is 17.6 Å². The second-order valence-corrected chi connectivity index (χ2v) is 5.78. The molecule has 1 aliphatic heterocycles. The zero-order chi connectivity index (χ0) is 18.8. The number of nitrogens with one attached hydrogen (secondary N) is 1. The Morgan fingerprint density at radius 1 is 1.00 bits per heavy atom. The van der Waals surface area contributed by atoms with Crippen molar-refractivity contribution in [1.82, 2.24) is 15.3 Å². The molecule has 0 saturated carbocycles. The Morgan fingerprint density at radius 2 is 1.59 bits per heavy atom. The Bertz CT molecular complexity index is 989. The minimum absolute atomic E-state index is 0.0628. The molecule has 0 atom stereocenters. The first-order valence-electron chi connectivity index (χ1n) is 8.13. The van der Waals surface area contributed by atoms with Gasteiger partial charge in [-0.1, -0.05) is 60.7 Å². The van der Waals surface area contributed by atoms with Gasteiger partial charge >= 0.3 is 11.9 Å². The summed E-state index contributed by atoms with van der Waals surface area (Å²) in [4.78, 5) is 35.0. The van der Waals surface area contributed by atoms with E-state index in [9.17, 15) is 9.59 Å². The number of carbonyl (C=O) groups excluding carboxylic acids is 2. The van der Waals surface area contributed by atoms with Crippen LogP contribution in [0.2, 0.25) is 0 Å². The van der Waals surface area contributed by atoms with Crippen LogP contribution in [0.25, 0.3) is 0 Å². The molecule has 2 heterocycles. The zero-order valence-electron chi connectivity index (χ0n) is 14.0. The first kappa shape index (κ1) is 16.5. The molecule has 2 aromatic carbocycles. The number of aromatic nitrogens is 2. The summed E-state index contributed by atoms with van der Waals surface area (Å²) in [6.45, 7) is 0. The molecule has 8 nitrogen and oxygen atoms in total. The molecule has 0 bridgehead atoms. The summed E-state index contributed by atoms with van der Waals surface area (Å²) in [5.41, 5.74) is 7.01. The topological polar surface area (TPSA) is 125 Å². The maximum Gasteiger partial charge on any atom is 0.375 e. The van der Waals surface area contributed by atoms with Crippen LogP contribution >= 0.6 is 0 Å². The first-order valence-corrected chi connectivity index (χ1v) is 8.13. The van der Waals surface area contributed by atoms with E-state index in [0.717, 1.165) is 11.1 Å². The summed E-state index contributed by atoms with van der Waals surface area (Å²) in [5.74, 6) is -1.61. The van der Waals surface area contributed by atoms with Gasteiger partial charge in [-0.25, -0.2) is 9.78 Å². The average molecular weight is 360 g/mol. The third-order valence-electron chi connectivity index (χ3n) is 3.95. The molecule has 0 unspecified atom stereocenters. The number of aliphatic imine (C=N–C) groups is 1. The fraction of sp³-hybridized carbons (Fsp3) is 0.0526. The van der Waals surface area contributed by atoms with Crippen molar-refractivity contribution in [3.8, 4) is 0 Å². The van der Waals surface area contributed by atoms with E-state index in [1.807, 2.05) is 60.7 Å². The molecule has 8 heteroatoms. The van der Waals surface area contributed by atoms with Crippen LogP contribution in [-0.2, 0) is 4.74 Å². The molecule has 4 rings (SSSR count). The van der Waals surface area contributed by atoms with Crippen LogP contribution < -0.4 is 11.1 Å². The van der Waals surface area contributed by atoms with Gasteiger partial charge in [0.25, 0.3) is 0 Å². The number of carbonyl (C=O) groups is 2. The molecule has 133 valence electrons. The van der Waals surface area contributed by atoms with E-state index in [2.05, 4.69) is 20.3 Å². The summed E-state index contributed by atoms with van der Waals surface area (Å²) in [5, 5.41) is 3.51. The van der Waals surface area contributed by atoms with Gasteiger partial charge in [-0.15, -0.1) is 0 Å². The molecule has 3 aromatic rings. The lowest BCUT2D eigenvalue weighted by molar-refractivity contribution is 0.0364. The highest BCUT2D eigenvalue weighted by atomic mass is 16.5. The Morgan fingerprint density at radius 3 is 2.19 bits per heavy atom. The average Bonchev–Trinajstić information content (AvgIpc) is 3.12. The Labute approximate surface area is 154 Å². The molecule has 1 aliphatic rings. The quantitative estimate of drug-likeness (QED) is 0.689. The van der Waals surface area contributed by atoms with Crippen molar-refractivity contribution >= 4 is 23.7 Å². The molecular formula is C19H14N5O3. The van der Waals surface area contributed by atoms with E-state index < -0.39 is 18.0 Å². The van der Waals surface area contributed by atoms with Crippen LogP contribution in [0.1, 0.15) is 38.3 Å². The number of nitrogens with two attached hydrogens (primary N) is 1. The number of guanidine groups is 1. The standard InChI is InChI=1S/C19H14N5O3/c20-19-23-15-13(17(25)24-19)21-16(22-15)18(26)27-14(11-7-3-1-4-8-11)12-9-5-2-6-10-12/h1-10,14H,(H2,20,23)(H,21,22). The van der Waals surface area contributed by atoms with Crippen LogP contribution in [0.3, 0.4) is 0 Å². The van der Waals surface area contributed by atoms with E-state index in [4.69, 9.17) is 10.5 Å². The van der Waals surface area contributed by atoms with Gasteiger partial charge in [0.1, 0.15) is 0 Å². The fourth-order valence-electron chi connectivity index (χ4n) is 2.73. The van der Waals surface area contributed by atoms with Crippen LogP contribution in [0, 0.1) is 0 Å². The number of H-pyrrole nitrogens is 1. The largest absolute Gasteiger partial charge is 0.447 e. The van der Waals surface area contributed by atoms with E-state index in [-0.39, 0.29) is 23.3 Å². The maximum atomic E-state index is 12.7. The minimum Gasteiger partial charge on any atom is -0.447 e. The van der Waals surface area contributed by atoms with Crippen LogP contribution in [-0.4, -0.2) is 27.8 Å². The lowest BCUT2D eigenvalue weighted by Crippen LogP contribution is -2.32. The van der Waals surface area contributed by atoms with Gasteiger partial charge < -0.3 is 15.5 Å². The molecular weight excluding hydrogens is 346 g/mol. The van der Waals surface area contributed by atoms with Crippen LogP contribution in [0.15, 0.2) is 65.7 Å². The summed E-state index contributed by atoms with van der Waals surface area (Å²) < 4.78 is 5.69. The lowest BCUT2D eigenvalue weighted by Gasteiger charge is -2.18. The first-order chi connectivity index (χ1) is 13.1. The number of ether oxygens (including phenoxy) is 1. The van der Waals surface area contributed by atoms with Gasteiger partial charge in [0, 0.05) is 0 Å². The van der Waals surface area contributed by atoms with E-state index >= 15 is 0 Å². The smallest absolute Gasteiger partial charge is 0.375 e. The van der Waals surface area contributed by atoms with Gasteiger partial charge in [-0.2, -0.15) is 10.3 Å². The highest BCUT2D eigenvalue weighted by molar-refractivity contribution is 6.10. The number of aromatic amines is 1. The lowest BCUT2D eigenvalue weighted by atomic mass is 10.0. The number of rotatable bonds is 4. The third kappa shape index (κ3) is 3.28.